The monoisotopic (exact) mass is 477 g/mol. The molecule has 10 heteroatoms. The highest BCUT2D eigenvalue weighted by molar-refractivity contribution is 6.46. The van der Waals surface area contributed by atoms with E-state index in [0.717, 1.165) is 30.4 Å². The number of carbonyl (C=O) groups excluding carboxylic acids is 2. The lowest BCUT2D eigenvalue weighted by atomic mass is 9.88. The lowest BCUT2D eigenvalue weighted by Crippen LogP contribution is -2.34. The van der Waals surface area contributed by atoms with Gasteiger partial charge in [-0.1, -0.05) is 23.2 Å². The number of amides is 2. The molecule has 0 saturated heterocycles. The Bertz CT molecular complexity index is 1100. The molecule has 2 aliphatic rings. The summed E-state index contributed by atoms with van der Waals surface area (Å²) in [4.78, 5) is 27.3. The van der Waals surface area contributed by atoms with Crippen molar-refractivity contribution in [3.8, 4) is 17.2 Å². The Labute approximate surface area is 194 Å². The maximum atomic E-state index is 12.2. The molecule has 1 atom stereocenters. The van der Waals surface area contributed by atoms with Crippen molar-refractivity contribution in [3.63, 3.8) is 0 Å². The fourth-order valence-corrected chi connectivity index (χ4v) is 4.41. The second-order valence-electron chi connectivity index (χ2n) is 7.35. The molecule has 2 amide bonds. The lowest BCUT2D eigenvalue weighted by Gasteiger charge is -2.28. The summed E-state index contributed by atoms with van der Waals surface area (Å²) >= 11 is 12.8. The van der Waals surface area contributed by atoms with Crippen molar-refractivity contribution in [2.45, 2.75) is 32.3 Å². The standard InChI is InChI=1S/C22H21Cl2N3O5/c1-2-31-17-5-3-4-12-16(7-6-15(28)19(12)17)32-20-13(23)8-11(9-14(20)24)26-22(30)21-25-10-18(29)27-21/h6-9,17,28H,2-5,10H2,1H3,(H,26,30)(H,25,27,29). The van der Waals surface area contributed by atoms with Crippen LogP contribution in [0.5, 0.6) is 17.2 Å². The van der Waals surface area contributed by atoms with Crippen LogP contribution in [-0.2, 0) is 20.7 Å². The Hall–Kier alpha value is -2.81. The number of nitrogens with zero attached hydrogens (tertiary/aromatic N) is 1. The van der Waals surface area contributed by atoms with Gasteiger partial charge in [-0.05, 0) is 50.5 Å². The molecule has 8 nitrogen and oxygen atoms in total. The number of aromatic hydroxyl groups is 1. The predicted molar refractivity (Wildman–Crippen MR) is 121 cm³/mol. The van der Waals surface area contributed by atoms with Crippen LogP contribution in [0.2, 0.25) is 10.0 Å². The van der Waals surface area contributed by atoms with Crippen LogP contribution in [0.3, 0.4) is 0 Å². The van der Waals surface area contributed by atoms with E-state index in [1.54, 1.807) is 12.1 Å². The van der Waals surface area contributed by atoms with Gasteiger partial charge in [-0.25, -0.2) is 0 Å². The van der Waals surface area contributed by atoms with Gasteiger partial charge in [0, 0.05) is 23.4 Å². The van der Waals surface area contributed by atoms with Crippen LogP contribution in [0, 0.1) is 0 Å². The molecule has 1 aliphatic carbocycles. The molecule has 1 unspecified atom stereocenters. The van der Waals surface area contributed by atoms with Crippen molar-refractivity contribution in [2.24, 2.45) is 4.99 Å². The topological polar surface area (TPSA) is 109 Å². The highest BCUT2D eigenvalue weighted by Crippen LogP contribution is 2.46. The van der Waals surface area contributed by atoms with E-state index >= 15 is 0 Å². The lowest BCUT2D eigenvalue weighted by molar-refractivity contribution is -0.118. The van der Waals surface area contributed by atoms with Gasteiger partial charge < -0.3 is 25.2 Å². The first-order chi connectivity index (χ1) is 15.4. The second kappa shape index (κ2) is 9.36. The number of phenolic OH excluding ortho intramolecular Hbond substituents is 1. The first-order valence-electron chi connectivity index (χ1n) is 10.2. The second-order valence-corrected chi connectivity index (χ2v) is 8.16. The van der Waals surface area contributed by atoms with Gasteiger partial charge in [-0.15, -0.1) is 0 Å². The molecule has 0 radical (unpaired) electrons. The number of ether oxygens (including phenoxy) is 2. The maximum absolute atomic E-state index is 12.2. The molecular formula is C22H21Cl2N3O5. The van der Waals surface area contributed by atoms with E-state index in [0.29, 0.717) is 18.0 Å². The molecule has 0 bridgehead atoms. The number of phenols is 1. The third kappa shape index (κ3) is 4.53. The van der Waals surface area contributed by atoms with E-state index in [9.17, 15) is 14.7 Å². The Kier molecular flexibility index (Phi) is 6.55. The van der Waals surface area contributed by atoms with Crippen molar-refractivity contribution in [1.29, 1.82) is 0 Å². The highest BCUT2D eigenvalue weighted by atomic mass is 35.5. The van der Waals surface area contributed by atoms with E-state index in [4.69, 9.17) is 32.7 Å². The summed E-state index contributed by atoms with van der Waals surface area (Å²) in [5, 5.41) is 15.8. The van der Waals surface area contributed by atoms with E-state index in [1.807, 2.05) is 6.92 Å². The van der Waals surface area contributed by atoms with Crippen molar-refractivity contribution >= 4 is 46.5 Å². The first kappa shape index (κ1) is 22.4. The summed E-state index contributed by atoms with van der Waals surface area (Å²) in [6.07, 6.45) is 2.23. The van der Waals surface area contributed by atoms with Gasteiger partial charge in [0.2, 0.25) is 5.91 Å². The average Bonchev–Trinajstić information content (AvgIpc) is 3.19. The molecule has 0 aromatic heterocycles. The zero-order valence-corrected chi connectivity index (χ0v) is 18.7. The number of carbonyl (C=O) groups is 2. The molecule has 2 aromatic carbocycles. The molecule has 4 rings (SSSR count). The molecule has 3 N–H and O–H groups in total. The zero-order valence-electron chi connectivity index (χ0n) is 17.2. The fraction of sp³-hybridized carbons (Fsp3) is 0.318. The van der Waals surface area contributed by atoms with Gasteiger partial charge >= 0.3 is 0 Å². The summed E-state index contributed by atoms with van der Waals surface area (Å²) < 4.78 is 11.9. The maximum Gasteiger partial charge on any atom is 0.291 e. The SMILES string of the molecule is CCOC1CCCc2c(Oc3c(Cl)cc(NC(=O)C4=NCC(=O)N4)cc3Cl)ccc(O)c21. The number of hydrogen-bond acceptors (Lipinski definition) is 6. The van der Waals surface area contributed by atoms with Crippen LogP contribution in [0.1, 0.15) is 37.0 Å². The van der Waals surface area contributed by atoms with Crippen LogP contribution < -0.4 is 15.4 Å². The minimum Gasteiger partial charge on any atom is -0.508 e. The fourth-order valence-electron chi connectivity index (χ4n) is 3.84. The van der Waals surface area contributed by atoms with Gasteiger partial charge in [-0.3, -0.25) is 14.6 Å². The van der Waals surface area contributed by atoms with Gasteiger partial charge in [0.05, 0.1) is 16.1 Å². The van der Waals surface area contributed by atoms with E-state index in [2.05, 4.69) is 15.6 Å². The molecule has 0 spiro atoms. The number of aliphatic imine (C=N–C) groups is 1. The molecule has 168 valence electrons. The Morgan fingerprint density at radius 2 is 2.06 bits per heavy atom. The van der Waals surface area contributed by atoms with Crippen molar-refractivity contribution < 1.29 is 24.2 Å². The molecule has 0 fully saturated rings. The minimum absolute atomic E-state index is 0.0675. The number of hydrogen-bond donors (Lipinski definition) is 3. The number of benzene rings is 2. The largest absolute Gasteiger partial charge is 0.508 e. The van der Waals surface area contributed by atoms with E-state index in [1.165, 1.54) is 12.1 Å². The van der Waals surface area contributed by atoms with Gasteiger partial charge in [0.25, 0.3) is 5.91 Å². The summed E-state index contributed by atoms with van der Waals surface area (Å²) in [5.74, 6) is -0.0649. The van der Waals surface area contributed by atoms with Crippen LogP contribution in [0.25, 0.3) is 0 Å². The molecule has 0 saturated carbocycles. The van der Waals surface area contributed by atoms with Crippen LogP contribution in [0.4, 0.5) is 5.69 Å². The molecule has 1 heterocycles. The number of anilines is 1. The smallest absolute Gasteiger partial charge is 0.291 e. The Balaban J connectivity index is 1.59. The zero-order chi connectivity index (χ0) is 22.8. The minimum atomic E-state index is -0.578. The summed E-state index contributed by atoms with van der Waals surface area (Å²) in [5.41, 5.74) is 1.91. The van der Waals surface area contributed by atoms with Crippen LogP contribution in [0.15, 0.2) is 29.3 Å². The number of nitrogens with one attached hydrogen (secondary N) is 2. The van der Waals surface area contributed by atoms with Gasteiger partial charge in [0.15, 0.2) is 11.6 Å². The normalized spacial score (nSPS) is 17.4. The Morgan fingerprint density at radius 3 is 2.72 bits per heavy atom. The molecular weight excluding hydrogens is 457 g/mol. The van der Waals surface area contributed by atoms with Crippen molar-refractivity contribution in [3.05, 3.63) is 45.4 Å². The van der Waals surface area contributed by atoms with E-state index in [-0.39, 0.29) is 45.9 Å². The Morgan fingerprint density at radius 1 is 1.31 bits per heavy atom. The number of fused-ring (bicyclic) bond motifs is 1. The van der Waals surface area contributed by atoms with Gasteiger partial charge in [-0.2, -0.15) is 0 Å². The van der Waals surface area contributed by atoms with Crippen LogP contribution >= 0.6 is 23.2 Å². The summed E-state index contributed by atoms with van der Waals surface area (Å²) in [7, 11) is 0. The molecule has 1 aliphatic heterocycles. The van der Waals surface area contributed by atoms with Crippen LogP contribution in [-0.4, -0.2) is 35.9 Å². The third-order valence-electron chi connectivity index (χ3n) is 5.20. The van der Waals surface area contributed by atoms with Gasteiger partial charge in [0.1, 0.15) is 18.0 Å². The highest BCUT2D eigenvalue weighted by Gasteiger charge is 2.28. The van der Waals surface area contributed by atoms with Crippen molar-refractivity contribution in [1.82, 2.24) is 5.32 Å². The predicted octanol–water partition coefficient (Wildman–Crippen LogP) is 4.37. The molecule has 2 aromatic rings. The summed E-state index contributed by atoms with van der Waals surface area (Å²) in [6, 6.07) is 6.23. The third-order valence-corrected chi connectivity index (χ3v) is 5.76. The quantitative estimate of drug-likeness (QED) is 0.571. The van der Waals surface area contributed by atoms with E-state index < -0.39 is 5.91 Å². The number of halogens is 2. The number of amidine groups is 1. The molecule has 32 heavy (non-hydrogen) atoms. The van der Waals surface area contributed by atoms with Crippen molar-refractivity contribution in [2.75, 3.05) is 18.5 Å². The number of rotatable bonds is 6. The summed E-state index contributed by atoms with van der Waals surface area (Å²) in [6.45, 7) is 2.37. The first-order valence-corrected chi connectivity index (χ1v) is 10.9. The average molecular weight is 478 g/mol.